The number of ether oxygens (including phenoxy) is 3. The van der Waals surface area contributed by atoms with Crippen LogP contribution in [0.3, 0.4) is 0 Å². The molecule has 3 rings (SSSR count). The van der Waals surface area contributed by atoms with Crippen molar-refractivity contribution in [3.8, 4) is 5.75 Å². The molecule has 8 nitrogen and oxygen atoms in total. The number of nitrogens with zero attached hydrogens (tertiary/aromatic N) is 1. The molecule has 1 aliphatic rings. The molecule has 1 saturated heterocycles. The van der Waals surface area contributed by atoms with E-state index in [0.29, 0.717) is 49.7 Å². The fourth-order valence-corrected chi connectivity index (χ4v) is 3.63. The van der Waals surface area contributed by atoms with Crippen molar-refractivity contribution in [2.45, 2.75) is 26.7 Å². The van der Waals surface area contributed by atoms with Crippen LogP contribution in [0.15, 0.2) is 42.5 Å². The van der Waals surface area contributed by atoms with Crippen molar-refractivity contribution in [2.24, 2.45) is 0 Å². The van der Waals surface area contributed by atoms with E-state index in [9.17, 15) is 9.59 Å². The minimum Gasteiger partial charge on any atom is -0.494 e. The molecule has 2 aromatic carbocycles. The lowest BCUT2D eigenvalue weighted by molar-refractivity contribution is 0.0526. The number of morpholine rings is 1. The van der Waals surface area contributed by atoms with Crippen LogP contribution in [0.5, 0.6) is 5.75 Å². The first-order valence-electron chi connectivity index (χ1n) is 11.5. The third-order valence-electron chi connectivity index (χ3n) is 5.22. The van der Waals surface area contributed by atoms with Crippen molar-refractivity contribution >= 4 is 40.6 Å². The Morgan fingerprint density at radius 3 is 2.44 bits per heavy atom. The first kappa shape index (κ1) is 25.5. The lowest BCUT2D eigenvalue weighted by Gasteiger charge is -2.31. The molecule has 0 atom stereocenters. The van der Waals surface area contributed by atoms with Gasteiger partial charge < -0.3 is 24.4 Å². The summed E-state index contributed by atoms with van der Waals surface area (Å²) >= 11 is 5.40. The van der Waals surface area contributed by atoms with Gasteiger partial charge in [0.1, 0.15) is 5.75 Å². The van der Waals surface area contributed by atoms with E-state index in [1.807, 2.05) is 6.07 Å². The maximum absolute atomic E-state index is 12.7. The summed E-state index contributed by atoms with van der Waals surface area (Å²) in [6.45, 7) is 7.42. The van der Waals surface area contributed by atoms with E-state index >= 15 is 0 Å². The normalized spacial score (nSPS) is 13.2. The van der Waals surface area contributed by atoms with Crippen LogP contribution in [-0.2, 0) is 9.47 Å². The highest BCUT2D eigenvalue weighted by atomic mass is 32.1. The highest BCUT2D eigenvalue weighted by molar-refractivity contribution is 7.80. The maximum Gasteiger partial charge on any atom is 0.338 e. The maximum atomic E-state index is 12.7. The predicted octanol–water partition coefficient (Wildman–Crippen LogP) is 4.01. The van der Waals surface area contributed by atoms with E-state index in [0.717, 1.165) is 24.3 Å². The van der Waals surface area contributed by atoms with Crippen molar-refractivity contribution < 1.29 is 23.8 Å². The van der Waals surface area contributed by atoms with E-state index in [2.05, 4.69) is 22.5 Å². The summed E-state index contributed by atoms with van der Waals surface area (Å²) in [6.07, 6.45) is 2.03. The number of hydrogen-bond donors (Lipinski definition) is 2. The van der Waals surface area contributed by atoms with Gasteiger partial charge in [-0.25, -0.2) is 4.79 Å². The van der Waals surface area contributed by atoms with Crippen molar-refractivity contribution in [3.05, 3.63) is 53.6 Å². The molecule has 2 N–H and O–H groups in total. The quantitative estimate of drug-likeness (QED) is 0.313. The monoisotopic (exact) mass is 485 g/mol. The highest BCUT2D eigenvalue weighted by Crippen LogP contribution is 2.28. The van der Waals surface area contributed by atoms with Crippen LogP contribution in [0, 0.1) is 0 Å². The Morgan fingerprint density at radius 1 is 1.06 bits per heavy atom. The molecule has 0 saturated carbocycles. The molecule has 1 heterocycles. The van der Waals surface area contributed by atoms with E-state index < -0.39 is 5.97 Å². The summed E-state index contributed by atoms with van der Waals surface area (Å²) in [7, 11) is 0. The zero-order valence-electron chi connectivity index (χ0n) is 19.6. The molecule has 0 aliphatic carbocycles. The molecule has 0 aromatic heterocycles. The number of benzene rings is 2. The summed E-state index contributed by atoms with van der Waals surface area (Å²) in [5, 5.41) is 5.91. The van der Waals surface area contributed by atoms with Crippen LogP contribution in [0.2, 0.25) is 0 Å². The second kappa shape index (κ2) is 12.9. The fourth-order valence-electron chi connectivity index (χ4n) is 3.42. The van der Waals surface area contributed by atoms with Crippen LogP contribution < -0.4 is 20.3 Å². The van der Waals surface area contributed by atoms with Crippen LogP contribution in [-0.4, -0.2) is 56.5 Å². The van der Waals surface area contributed by atoms with Gasteiger partial charge in [0.05, 0.1) is 43.4 Å². The number of carbonyl (C=O) groups is 2. The molecule has 0 spiro atoms. The Hall–Kier alpha value is -3.17. The number of carbonyl (C=O) groups excluding carboxylic acids is 2. The van der Waals surface area contributed by atoms with Gasteiger partial charge in [-0.1, -0.05) is 13.3 Å². The molecule has 1 aliphatic heterocycles. The number of anilines is 2. The van der Waals surface area contributed by atoms with Crippen LogP contribution >= 0.6 is 12.2 Å². The first-order chi connectivity index (χ1) is 16.5. The smallest absolute Gasteiger partial charge is 0.338 e. The van der Waals surface area contributed by atoms with Crippen LogP contribution in [0.1, 0.15) is 47.4 Å². The topological polar surface area (TPSA) is 89.1 Å². The molecule has 182 valence electrons. The number of amides is 1. The predicted molar refractivity (Wildman–Crippen MR) is 136 cm³/mol. The summed E-state index contributed by atoms with van der Waals surface area (Å²) < 4.78 is 16.2. The van der Waals surface area contributed by atoms with E-state index in [1.165, 1.54) is 0 Å². The van der Waals surface area contributed by atoms with Crippen molar-refractivity contribution in [1.82, 2.24) is 5.32 Å². The Labute approximate surface area is 205 Å². The van der Waals surface area contributed by atoms with E-state index in [1.54, 1.807) is 43.3 Å². The van der Waals surface area contributed by atoms with Gasteiger partial charge in [-0.2, -0.15) is 0 Å². The Morgan fingerprint density at radius 2 is 1.76 bits per heavy atom. The molecular formula is C25H31N3O5S. The minimum atomic E-state index is -0.421. The molecule has 34 heavy (non-hydrogen) atoms. The Balaban J connectivity index is 1.69. The molecule has 0 radical (unpaired) electrons. The molecule has 1 fully saturated rings. The zero-order valence-corrected chi connectivity index (χ0v) is 20.4. The second-order valence-corrected chi connectivity index (χ2v) is 8.09. The first-order valence-corrected chi connectivity index (χ1v) is 11.9. The van der Waals surface area contributed by atoms with Gasteiger partial charge in [-0.3, -0.25) is 10.1 Å². The fraction of sp³-hybridized carbons (Fsp3) is 0.400. The standard InChI is InChI=1S/C25H31N3O5S/c1-3-5-14-33-20-9-6-18(7-10-20)23(29)27-25(34)26-21-17-19(24(30)32-4-2)8-11-22(21)28-12-15-31-16-13-28/h6-11,17H,3-5,12-16H2,1-2H3,(H2,26,27,29,34). The molecular weight excluding hydrogens is 454 g/mol. The Bertz CT molecular complexity index is 991. The molecule has 0 bridgehead atoms. The number of thiocarbonyl (C=S) groups is 1. The van der Waals surface area contributed by atoms with Gasteiger partial charge in [-0.15, -0.1) is 0 Å². The summed E-state index contributed by atoms with van der Waals surface area (Å²) in [4.78, 5) is 27.1. The van der Waals surface area contributed by atoms with Gasteiger partial charge >= 0.3 is 5.97 Å². The van der Waals surface area contributed by atoms with Crippen LogP contribution in [0.25, 0.3) is 0 Å². The van der Waals surface area contributed by atoms with Crippen molar-refractivity contribution in [3.63, 3.8) is 0 Å². The molecule has 1 amide bonds. The summed E-state index contributed by atoms with van der Waals surface area (Å²) in [5.74, 6) is -0.0426. The van der Waals surface area contributed by atoms with Crippen molar-refractivity contribution in [1.29, 1.82) is 0 Å². The Kier molecular flexibility index (Phi) is 9.66. The van der Waals surface area contributed by atoms with Gasteiger partial charge in [0.25, 0.3) is 5.91 Å². The zero-order chi connectivity index (χ0) is 24.3. The van der Waals surface area contributed by atoms with Gasteiger partial charge in [0.15, 0.2) is 5.11 Å². The average molecular weight is 486 g/mol. The van der Waals surface area contributed by atoms with Gasteiger partial charge in [-0.05, 0) is 68.0 Å². The van der Waals surface area contributed by atoms with Crippen molar-refractivity contribution in [2.75, 3.05) is 49.7 Å². The molecule has 2 aromatic rings. The SMILES string of the molecule is CCCCOc1ccc(C(=O)NC(=S)Nc2cc(C(=O)OCC)ccc2N2CCOCC2)cc1. The second-order valence-electron chi connectivity index (χ2n) is 7.69. The van der Waals surface area contributed by atoms with Gasteiger partial charge in [0.2, 0.25) is 0 Å². The largest absolute Gasteiger partial charge is 0.494 e. The van der Waals surface area contributed by atoms with Crippen LogP contribution in [0.4, 0.5) is 11.4 Å². The number of rotatable bonds is 9. The third kappa shape index (κ3) is 7.16. The lowest BCUT2D eigenvalue weighted by atomic mass is 10.1. The summed E-state index contributed by atoms with van der Waals surface area (Å²) in [5.41, 5.74) is 2.33. The number of esters is 1. The molecule has 0 unspecified atom stereocenters. The lowest BCUT2D eigenvalue weighted by Crippen LogP contribution is -2.38. The third-order valence-corrected chi connectivity index (χ3v) is 5.42. The summed E-state index contributed by atoms with van der Waals surface area (Å²) in [6, 6.07) is 12.2. The minimum absolute atomic E-state index is 0.129. The number of unbranched alkanes of at least 4 members (excludes halogenated alkanes) is 1. The average Bonchev–Trinajstić information content (AvgIpc) is 2.85. The van der Waals surface area contributed by atoms with E-state index in [-0.39, 0.29) is 17.6 Å². The number of nitrogens with one attached hydrogen (secondary N) is 2. The van der Waals surface area contributed by atoms with Gasteiger partial charge in [0, 0.05) is 18.7 Å². The highest BCUT2D eigenvalue weighted by Gasteiger charge is 2.19. The molecule has 9 heteroatoms. The van der Waals surface area contributed by atoms with E-state index in [4.69, 9.17) is 26.4 Å². The number of hydrogen-bond acceptors (Lipinski definition) is 7.